The van der Waals surface area contributed by atoms with Gasteiger partial charge in [-0.3, -0.25) is 4.79 Å². The fraction of sp³-hybridized carbons (Fsp3) is 0.417. The first-order valence-electron chi connectivity index (χ1n) is 5.35. The number of rotatable bonds is 2. The van der Waals surface area contributed by atoms with Crippen molar-refractivity contribution in [3.63, 3.8) is 0 Å². The quantitative estimate of drug-likeness (QED) is 0.780. The molecule has 2 rings (SSSR count). The lowest BCUT2D eigenvalue weighted by Crippen LogP contribution is -2.31. The van der Waals surface area contributed by atoms with Crippen LogP contribution in [0.2, 0.25) is 0 Å². The number of carbonyl (C=O) groups is 1. The Bertz CT molecular complexity index is 318. The molecule has 0 unspecified atom stereocenters. The number of para-hydroxylation sites is 1. The molecule has 1 aliphatic heterocycles. The number of benzene rings is 1. The Labute approximate surface area is 89.9 Å². The van der Waals surface area contributed by atoms with Crippen molar-refractivity contribution in [1.82, 2.24) is 5.32 Å². The van der Waals surface area contributed by atoms with Crippen LogP contribution in [-0.4, -0.2) is 19.0 Å². The molecule has 1 radical (unpaired) electrons. The molecule has 0 atom stereocenters. The van der Waals surface area contributed by atoms with E-state index in [1.807, 2.05) is 30.3 Å². The number of amides is 1. The fourth-order valence-electron chi connectivity index (χ4n) is 1.78. The van der Waals surface area contributed by atoms with Crippen molar-refractivity contribution in [3.8, 4) is 0 Å². The summed E-state index contributed by atoms with van der Waals surface area (Å²) >= 11 is 0. The van der Waals surface area contributed by atoms with E-state index in [0.29, 0.717) is 0 Å². The van der Waals surface area contributed by atoms with Gasteiger partial charge < -0.3 is 5.32 Å². The highest BCUT2D eigenvalue weighted by molar-refractivity contribution is 5.92. The van der Waals surface area contributed by atoms with Crippen LogP contribution >= 0.6 is 0 Å². The zero-order chi connectivity index (χ0) is 10.5. The first-order chi connectivity index (χ1) is 7.36. The summed E-state index contributed by atoms with van der Waals surface area (Å²) < 4.78 is 0. The Morgan fingerprint density at radius 2 is 1.87 bits per heavy atom. The van der Waals surface area contributed by atoms with Crippen LogP contribution < -0.4 is 10.6 Å². The number of hydrogen-bond acceptors (Lipinski definition) is 1. The van der Waals surface area contributed by atoms with Gasteiger partial charge >= 0.3 is 0 Å². The summed E-state index contributed by atoms with van der Waals surface area (Å²) in [5, 5.41) is 7.17. The van der Waals surface area contributed by atoms with Crippen LogP contribution in [0.1, 0.15) is 12.8 Å². The van der Waals surface area contributed by atoms with Gasteiger partial charge in [-0.05, 0) is 25.0 Å². The highest BCUT2D eigenvalue weighted by atomic mass is 16.1. The molecular formula is C12H15N2O. The minimum Gasteiger partial charge on any atom is -0.326 e. The summed E-state index contributed by atoms with van der Waals surface area (Å²) in [6, 6.07) is 9.60. The first kappa shape index (κ1) is 10.2. The van der Waals surface area contributed by atoms with Crippen molar-refractivity contribution in [1.29, 1.82) is 0 Å². The van der Waals surface area contributed by atoms with E-state index in [1.54, 1.807) is 0 Å². The molecule has 3 nitrogen and oxygen atoms in total. The van der Waals surface area contributed by atoms with Crippen molar-refractivity contribution < 1.29 is 4.79 Å². The number of hydrogen-bond donors (Lipinski definition) is 1. The molecular weight excluding hydrogens is 188 g/mol. The Morgan fingerprint density at radius 1 is 1.20 bits per heavy atom. The van der Waals surface area contributed by atoms with Crippen LogP contribution in [-0.2, 0) is 4.79 Å². The van der Waals surface area contributed by atoms with Gasteiger partial charge in [0.15, 0.2) is 0 Å². The van der Waals surface area contributed by atoms with Gasteiger partial charge in [-0.25, -0.2) is 5.32 Å². The molecule has 1 aromatic rings. The minimum atomic E-state index is 0.135. The molecule has 1 amide bonds. The Kier molecular flexibility index (Phi) is 3.35. The van der Waals surface area contributed by atoms with Crippen molar-refractivity contribution in [3.05, 3.63) is 30.3 Å². The molecule has 0 spiro atoms. The predicted molar refractivity (Wildman–Crippen MR) is 59.7 cm³/mol. The summed E-state index contributed by atoms with van der Waals surface area (Å²) in [6.07, 6.45) is 1.78. The van der Waals surface area contributed by atoms with E-state index in [2.05, 4.69) is 10.6 Å². The monoisotopic (exact) mass is 203 g/mol. The molecule has 1 saturated heterocycles. The minimum absolute atomic E-state index is 0.135. The Hall–Kier alpha value is -1.35. The third-order valence-corrected chi connectivity index (χ3v) is 2.68. The van der Waals surface area contributed by atoms with Crippen molar-refractivity contribution >= 4 is 11.6 Å². The first-order valence-corrected chi connectivity index (χ1v) is 5.35. The lowest BCUT2D eigenvalue weighted by Gasteiger charge is -2.20. The Morgan fingerprint density at radius 3 is 2.53 bits per heavy atom. The van der Waals surface area contributed by atoms with Crippen LogP contribution in [0.3, 0.4) is 0 Å². The molecule has 0 saturated carbocycles. The van der Waals surface area contributed by atoms with Crippen LogP contribution in [0.25, 0.3) is 0 Å². The van der Waals surface area contributed by atoms with Crippen LogP contribution in [0.15, 0.2) is 30.3 Å². The van der Waals surface area contributed by atoms with Gasteiger partial charge in [0.05, 0.1) is 0 Å². The average Bonchev–Trinajstić information content (AvgIpc) is 2.31. The topological polar surface area (TPSA) is 43.2 Å². The van der Waals surface area contributed by atoms with Gasteiger partial charge in [0.2, 0.25) is 5.91 Å². The molecule has 15 heavy (non-hydrogen) atoms. The lowest BCUT2D eigenvalue weighted by atomic mass is 9.97. The van der Waals surface area contributed by atoms with Crippen molar-refractivity contribution in [2.24, 2.45) is 5.92 Å². The third kappa shape index (κ3) is 2.80. The van der Waals surface area contributed by atoms with Gasteiger partial charge in [0, 0.05) is 24.7 Å². The lowest BCUT2D eigenvalue weighted by molar-refractivity contribution is -0.120. The largest absolute Gasteiger partial charge is 0.326 e. The number of nitrogens with one attached hydrogen (secondary N) is 1. The van der Waals surface area contributed by atoms with Crippen LogP contribution in [0, 0.1) is 5.92 Å². The molecule has 1 aromatic carbocycles. The second-order valence-electron chi connectivity index (χ2n) is 3.80. The summed E-state index contributed by atoms with van der Waals surface area (Å²) in [5.41, 5.74) is 0.880. The maximum atomic E-state index is 11.8. The van der Waals surface area contributed by atoms with Gasteiger partial charge in [-0.2, -0.15) is 0 Å². The number of anilines is 1. The molecule has 1 heterocycles. The normalized spacial score (nSPS) is 17.3. The van der Waals surface area contributed by atoms with Gasteiger partial charge in [0.25, 0.3) is 0 Å². The molecule has 3 heteroatoms. The van der Waals surface area contributed by atoms with Crippen LogP contribution in [0.4, 0.5) is 5.69 Å². The molecule has 1 aliphatic rings. The van der Waals surface area contributed by atoms with E-state index >= 15 is 0 Å². The molecule has 1 fully saturated rings. The summed E-state index contributed by atoms with van der Waals surface area (Å²) in [4.78, 5) is 11.8. The maximum Gasteiger partial charge on any atom is 0.227 e. The van der Waals surface area contributed by atoms with Crippen molar-refractivity contribution in [2.45, 2.75) is 12.8 Å². The van der Waals surface area contributed by atoms with Gasteiger partial charge in [-0.15, -0.1) is 0 Å². The smallest absolute Gasteiger partial charge is 0.227 e. The molecule has 0 aliphatic carbocycles. The highest BCUT2D eigenvalue weighted by Gasteiger charge is 2.21. The Balaban J connectivity index is 1.91. The van der Waals surface area contributed by atoms with E-state index in [4.69, 9.17) is 0 Å². The van der Waals surface area contributed by atoms with Crippen molar-refractivity contribution in [2.75, 3.05) is 18.4 Å². The van der Waals surface area contributed by atoms with E-state index in [1.165, 1.54) is 0 Å². The van der Waals surface area contributed by atoms with E-state index < -0.39 is 0 Å². The van der Waals surface area contributed by atoms with E-state index in [0.717, 1.165) is 31.6 Å². The zero-order valence-corrected chi connectivity index (χ0v) is 8.65. The molecule has 0 aromatic heterocycles. The summed E-state index contributed by atoms with van der Waals surface area (Å²) in [5.74, 6) is 0.277. The SMILES string of the molecule is O=C(Nc1ccccc1)C1CC[N]CC1. The van der Waals surface area contributed by atoms with E-state index in [-0.39, 0.29) is 11.8 Å². The fourth-order valence-corrected chi connectivity index (χ4v) is 1.78. The van der Waals surface area contributed by atoms with Gasteiger partial charge in [-0.1, -0.05) is 18.2 Å². The highest BCUT2D eigenvalue weighted by Crippen LogP contribution is 2.15. The molecule has 0 bridgehead atoms. The third-order valence-electron chi connectivity index (χ3n) is 2.68. The maximum absolute atomic E-state index is 11.8. The summed E-state index contributed by atoms with van der Waals surface area (Å²) in [6.45, 7) is 1.65. The van der Waals surface area contributed by atoms with Crippen LogP contribution in [0.5, 0.6) is 0 Å². The molecule has 1 N–H and O–H groups in total. The number of nitrogens with zero attached hydrogens (tertiary/aromatic N) is 1. The zero-order valence-electron chi connectivity index (χ0n) is 8.65. The second kappa shape index (κ2) is 4.94. The number of piperidine rings is 1. The number of carbonyl (C=O) groups excluding carboxylic acids is 1. The van der Waals surface area contributed by atoms with E-state index in [9.17, 15) is 4.79 Å². The second-order valence-corrected chi connectivity index (χ2v) is 3.80. The summed E-state index contributed by atoms with van der Waals surface area (Å²) in [7, 11) is 0. The van der Waals surface area contributed by atoms with Gasteiger partial charge in [0.1, 0.15) is 0 Å². The standard InChI is InChI=1S/C12H15N2O/c15-12(10-6-8-13-9-7-10)14-11-4-2-1-3-5-11/h1-5,10H,6-9H2,(H,14,15). The average molecular weight is 203 g/mol. The molecule has 79 valence electrons. The predicted octanol–water partition coefficient (Wildman–Crippen LogP) is 1.64.